The second-order valence-electron chi connectivity index (χ2n) is 5.71. The van der Waals surface area contributed by atoms with Gasteiger partial charge in [0.25, 0.3) is 0 Å². The molecule has 2 rings (SSSR count). The number of nitrogens with one attached hydrogen (secondary N) is 2. The summed E-state index contributed by atoms with van der Waals surface area (Å²) >= 11 is 0. The number of rotatable bonds is 4. The van der Waals surface area contributed by atoms with Crippen molar-refractivity contribution in [3.8, 4) is 0 Å². The highest BCUT2D eigenvalue weighted by molar-refractivity contribution is 5.89. The molecule has 0 aliphatic rings. The summed E-state index contributed by atoms with van der Waals surface area (Å²) in [4.78, 5) is 12.1. The molecule has 2 aromatic rings. The lowest BCUT2D eigenvalue weighted by Gasteiger charge is -2.16. The van der Waals surface area contributed by atoms with Crippen molar-refractivity contribution in [2.75, 3.05) is 5.32 Å². The quantitative estimate of drug-likeness (QED) is 0.840. The van der Waals surface area contributed by atoms with Gasteiger partial charge in [-0.1, -0.05) is 37.3 Å². The maximum Gasteiger partial charge on any atom is 0.319 e. The maximum absolute atomic E-state index is 12.1. The molecule has 1 unspecified atom stereocenters. The van der Waals surface area contributed by atoms with Crippen LogP contribution in [0, 0.1) is 13.8 Å². The third-order valence-corrected chi connectivity index (χ3v) is 4.00. The van der Waals surface area contributed by atoms with Crippen LogP contribution in [0.4, 0.5) is 10.5 Å². The van der Waals surface area contributed by atoms with E-state index in [4.69, 9.17) is 0 Å². The Morgan fingerprint density at radius 2 is 1.73 bits per heavy atom. The molecule has 2 N–H and O–H groups in total. The summed E-state index contributed by atoms with van der Waals surface area (Å²) in [6.07, 6.45) is 1.02. The molecule has 2 amide bonds. The number of amides is 2. The molecule has 0 aliphatic heterocycles. The summed E-state index contributed by atoms with van der Waals surface area (Å²) in [7, 11) is 0. The minimum absolute atomic E-state index is 0.0301. The van der Waals surface area contributed by atoms with Crippen LogP contribution in [0.25, 0.3) is 0 Å². The van der Waals surface area contributed by atoms with Gasteiger partial charge in [0.15, 0.2) is 0 Å². The molecular weight excluding hydrogens is 272 g/mol. The van der Waals surface area contributed by atoms with Gasteiger partial charge >= 0.3 is 6.03 Å². The molecule has 3 nitrogen and oxygen atoms in total. The number of aryl methyl sites for hydroxylation is 3. The molecule has 0 heterocycles. The molecule has 0 aromatic heterocycles. The summed E-state index contributed by atoms with van der Waals surface area (Å²) in [5.74, 6) is 0. The fourth-order valence-corrected chi connectivity index (χ4v) is 2.31. The van der Waals surface area contributed by atoms with E-state index in [0.717, 1.165) is 17.7 Å². The third-order valence-electron chi connectivity index (χ3n) is 4.00. The van der Waals surface area contributed by atoms with Gasteiger partial charge < -0.3 is 10.6 Å². The summed E-state index contributed by atoms with van der Waals surface area (Å²) in [5, 5.41) is 5.85. The Morgan fingerprint density at radius 1 is 1.05 bits per heavy atom. The maximum atomic E-state index is 12.1. The molecule has 0 spiro atoms. The summed E-state index contributed by atoms with van der Waals surface area (Å²) in [5.41, 5.74) is 5.61. The van der Waals surface area contributed by atoms with E-state index in [1.807, 2.05) is 32.0 Å². The Balaban J connectivity index is 1.96. The van der Waals surface area contributed by atoms with E-state index in [9.17, 15) is 4.79 Å². The average molecular weight is 296 g/mol. The molecule has 0 bridgehead atoms. The van der Waals surface area contributed by atoms with Crippen LogP contribution in [0.1, 0.15) is 42.1 Å². The van der Waals surface area contributed by atoms with Gasteiger partial charge in [0, 0.05) is 5.69 Å². The number of urea groups is 1. The van der Waals surface area contributed by atoms with Gasteiger partial charge in [-0.05, 0) is 61.6 Å². The Bertz CT molecular complexity index is 647. The largest absolute Gasteiger partial charge is 0.331 e. The van der Waals surface area contributed by atoms with Crippen molar-refractivity contribution in [1.29, 1.82) is 0 Å². The Kier molecular flexibility index (Phi) is 5.21. The van der Waals surface area contributed by atoms with Crippen LogP contribution in [-0.2, 0) is 6.42 Å². The van der Waals surface area contributed by atoms with Crippen molar-refractivity contribution < 1.29 is 4.79 Å². The van der Waals surface area contributed by atoms with Crippen LogP contribution in [-0.4, -0.2) is 6.03 Å². The van der Waals surface area contributed by atoms with Crippen molar-refractivity contribution in [3.63, 3.8) is 0 Å². The number of hydrogen-bond donors (Lipinski definition) is 2. The van der Waals surface area contributed by atoms with E-state index in [2.05, 4.69) is 48.7 Å². The normalized spacial score (nSPS) is 11.8. The average Bonchev–Trinajstić information content (AvgIpc) is 2.51. The first-order valence-electron chi connectivity index (χ1n) is 7.73. The number of anilines is 1. The molecule has 0 fully saturated rings. The highest BCUT2D eigenvalue weighted by Crippen LogP contribution is 2.16. The monoisotopic (exact) mass is 296 g/mol. The SMILES string of the molecule is CCc1ccc(C(C)NC(=O)Nc2ccc(C)c(C)c2)cc1. The molecular formula is C19H24N2O. The van der Waals surface area contributed by atoms with Crippen molar-refractivity contribution >= 4 is 11.7 Å². The van der Waals surface area contributed by atoms with E-state index >= 15 is 0 Å². The predicted molar refractivity (Wildman–Crippen MR) is 92.3 cm³/mol. The fraction of sp³-hybridized carbons (Fsp3) is 0.316. The highest BCUT2D eigenvalue weighted by Gasteiger charge is 2.09. The lowest BCUT2D eigenvalue weighted by Crippen LogP contribution is -2.31. The third kappa shape index (κ3) is 4.10. The van der Waals surface area contributed by atoms with Crippen LogP contribution >= 0.6 is 0 Å². The highest BCUT2D eigenvalue weighted by atomic mass is 16.2. The van der Waals surface area contributed by atoms with Crippen LogP contribution in [0.15, 0.2) is 42.5 Å². The minimum Gasteiger partial charge on any atom is -0.331 e. The molecule has 116 valence electrons. The zero-order valence-corrected chi connectivity index (χ0v) is 13.7. The Hall–Kier alpha value is -2.29. The zero-order valence-electron chi connectivity index (χ0n) is 13.7. The van der Waals surface area contributed by atoms with Gasteiger partial charge in [0.2, 0.25) is 0 Å². The summed E-state index contributed by atoms with van der Waals surface area (Å²) in [6.45, 7) is 8.21. The van der Waals surface area contributed by atoms with Crippen LogP contribution in [0.2, 0.25) is 0 Å². The molecule has 1 atom stereocenters. The second-order valence-corrected chi connectivity index (χ2v) is 5.71. The van der Waals surface area contributed by atoms with E-state index in [1.165, 1.54) is 16.7 Å². The minimum atomic E-state index is -0.185. The fourth-order valence-electron chi connectivity index (χ4n) is 2.31. The van der Waals surface area contributed by atoms with Gasteiger partial charge in [-0.2, -0.15) is 0 Å². The number of carbonyl (C=O) groups excluding carboxylic acids is 1. The first-order chi connectivity index (χ1) is 10.5. The number of hydrogen-bond acceptors (Lipinski definition) is 1. The van der Waals surface area contributed by atoms with Gasteiger partial charge in [-0.3, -0.25) is 0 Å². The van der Waals surface area contributed by atoms with Crippen LogP contribution < -0.4 is 10.6 Å². The second kappa shape index (κ2) is 7.12. The molecule has 3 heteroatoms. The standard InChI is InChI=1S/C19H24N2O/c1-5-16-7-9-17(10-8-16)15(4)20-19(22)21-18-11-6-13(2)14(3)12-18/h6-12,15H,5H2,1-4H3,(H2,20,21,22). The topological polar surface area (TPSA) is 41.1 Å². The van der Waals surface area contributed by atoms with E-state index in [1.54, 1.807) is 0 Å². The van der Waals surface area contributed by atoms with Gasteiger partial charge in [0.05, 0.1) is 6.04 Å². The van der Waals surface area contributed by atoms with Crippen molar-refractivity contribution in [2.45, 2.75) is 40.2 Å². The van der Waals surface area contributed by atoms with Gasteiger partial charge in [-0.15, -0.1) is 0 Å². The molecule has 0 aliphatic carbocycles. The van der Waals surface area contributed by atoms with Crippen LogP contribution in [0.5, 0.6) is 0 Å². The summed E-state index contributed by atoms with van der Waals surface area (Å²) in [6, 6.07) is 14.0. The number of benzene rings is 2. The van der Waals surface area contributed by atoms with Gasteiger partial charge in [-0.25, -0.2) is 4.79 Å². The number of carbonyl (C=O) groups is 1. The molecule has 22 heavy (non-hydrogen) atoms. The zero-order chi connectivity index (χ0) is 16.1. The van der Waals surface area contributed by atoms with Crippen molar-refractivity contribution in [1.82, 2.24) is 5.32 Å². The first-order valence-corrected chi connectivity index (χ1v) is 7.73. The van der Waals surface area contributed by atoms with Gasteiger partial charge in [0.1, 0.15) is 0 Å². The van der Waals surface area contributed by atoms with E-state index in [0.29, 0.717) is 0 Å². The summed E-state index contributed by atoms with van der Waals surface area (Å²) < 4.78 is 0. The van der Waals surface area contributed by atoms with Crippen molar-refractivity contribution in [2.24, 2.45) is 0 Å². The molecule has 0 saturated carbocycles. The Morgan fingerprint density at radius 3 is 2.32 bits per heavy atom. The van der Waals surface area contributed by atoms with Crippen LogP contribution in [0.3, 0.4) is 0 Å². The lowest BCUT2D eigenvalue weighted by atomic mass is 10.1. The predicted octanol–water partition coefficient (Wildman–Crippen LogP) is 4.75. The first kappa shape index (κ1) is 16.1. The molecule has 0 saturated heterocycles. The lowest BCUT2D eigenvalue weighted by molar-refractivity contribution is 0.249. The Labute approximate surface area is 132 Å². The molecule has 0 radical (unpaired) electrons. The molecule has 2 aromatic carbocycles. The van der Waals surface area contributed by atoms with Crippen molar-refractivity contribution in [3.05, 3.63) is 64.7 Å². The van der Waals surface area contributed by atoms with E-state index < -0.39 is 0 Å². The van der Waals surface area contributed by atoms with E-state index in [-0.39, 0.29) is 12.1 Å². The smallest absolute Gasteiger partial charge is 0.319 e.